The second-order valence-electron chi connectivity index (χ2n) is 4.54. The van der Waals surface area contributed by atoms with Gasteiger partial charge < -0.3 is 9.73 Å². The van der Waals surface area contributed by atoms with Crippen molar-refractivity contribution in [2.75, 3.05) is 12.8 Å². The standard InChI is InChI=1S/C14H16N4OS/c1-9-16-14(18-17-9)20-8-11(15-2)13-7-10-5-3-4-6-12(10)19-13/h3-7,11,15H,8H2,1-2H3,(H,16,17,18). The van der Waals surface area contributed by atoms with Gasteiger partial charge in [0, 0.05) is 11.1 Å². The van der Waals surface area contributed by atoms with Gasteiger partial charge in [-0.05, 0) is 26.1 Å². The van der Waals surface area contributed by atoms with Crippen LogP contribution in [0, 0.1) is 6.92 Å². The Bertz CT molecular complexity index is 673. The molecule has 0 aliphatic carbocycles. The summed E-state index contributed by atoms with van der Waals surface area (Å²) in [5, 5.41) is 12.1. The minimum absolute atomic E-state index is 0.131. The number of aromatic nitrogens is 3. The van der Waals surface area contributed by atoms with E-state index in [2.05, 4.69) is 32.6 Å². The molecule has 104 valence electrons. The topological polar surface area (TPSA) is 66.7 Å². The lowest BCUT2D eigenvalue weighted by molar-refractivity contribution is 0.479. The molecule has 2 N–H and O–H groups in total. The van der Waals surface area contributed by atoms with Crippen LogP contribution in [-0.4, -0.2) is 28.0 Å². The lowest BCUT2D eigenvalue weighted by Crippen LogP contribution is -2.18. The van der Waals surface area contributed by atoms with Crippen LogP contribution in [0.2, 0.25) is 0 Å². The molecule has 0 radical (unpaired) electrons. The first kappa shape index (κ1) is 13.2. The van der Waals surface area contributed by atoms with Crippen molar-refractivity contribution in [3.05, 3.63) is 41.9 Å². The third-order valence-corrected chi connectivity index (χ3v) is 4.03. The van der Waals surface area contributed by atoms with E-state index in [4.69, 9.17) is 4.42 Å². The van der Waals surface area contributed by atoms with Gasteiger partial charge in [0.15, 0.2) is 0 Å². The van der Waals surface area contributed by atoms with Crippen molar-refractivity contribution in [1.82, 2.24) is 20.5 Å². The highest BCUT2D eigenvalue weighted by Gasteiger charge is 2.16. The summed E-state index contributed by atoms with van der Waals surface area (Å²) >= 11 is 1.60. The Morgan fingerprint density at radius 2 is 2.25 bits per heavy atom. The molecule has 6 heteroatoms. The number of rotatable bonds is 5. The monoisotopic (exact) mass is 288 g/mol. The lowest BCUT2D eigenvalue weighted by atomic mass is 10.2. The van der Waals surface area contributed by atoms with Crippen molar-refractivity contribution < 1.29 is 4.42 Å². The maximum absolute atomic E-state index is 5.89. The summed E-state index contributed by atoms with van der Waals surface area (Å²) in [6, 6.07) is 10.3. The first-order valence-electron chi connectivity index (χ1n) is 6.44. The van der Waals surface area contributed by atoms with Gasteiger partial charge >= 0.3 is 0 Å². The van der Waals surface area contributed by atoms with Crippen molar-refractivity contribution >= 4 is 22.7 Å². The van der Waals surface area contributed by atoms with Gasteiger partial charge in [0.25, 0.3) is 0 Å². The highest BCUT2D eigenvalue weighted by atomic mass is 32.2. The van der Waals surface area contributed by atoms with E-state index in [1.807, 2.05) is 32.2 Å². The zero-order valence-electron chi connectivity index (χ0n) is 11.4. The minimum atomic E-state index is 0.131. The largest absolute Gasteiger partial charge is 0.459 e. The predicted molar refractivity (Wildman–Crippen MR) is 79.9 cm³/mol. The Hall–Kier alpha value is -1.79. The molecule has 0 amide bonds. The third kappa shape index (κ3) is 2.71. The molecular formula is C14H16N4OS. The minimum Gasteiger partial charge on any atom is -0.459 e. The Kier molecular flexibility index (Phi) is 3.75. The lowest BCUT2D eigenvalue weighted by Gasteiger charge is -2.11. The summed E-state index contributed by atoms with van der Waals surface area (Å²) in [5.41, 5.74) is 0.918. The van der Waals surface area contributed by atoms with E-state index in [0.717, 1.165) is 33.5 Å². The summed E-state index contributed by atoms with van der Waals surface area (Å²) in [5.74, 6) is 2.58. The molecule has 0 fully saturated rings. The van der Waals surface area contributed by atoms with Crippen molar-refractivity contribution in [3.8, 4) is 0 Å². The van der Waals surface area contributed by atoms with Gasteiger partial charge in [0.1, 0.15) is 17.2 Å². The maximum atomic E-state index is 5.89. The van der Waals surface area contributed by atoms with Crippen LogP contribution < -0.4 is 5.32 Å². The van der Waals surface area contributed by atoms with Crippen LogP contribution in [0.5, 0.6) is 0 Å². The van der Waals surface area contributed by atoms with Gasteiger partial charge in [-0.1, -0.05) is 30.0 Å². The molecule has 0 saturated heterocycles. The molecule has 0 spiro atoms. The van der Waals surface area contributed by atoms with E-state index in [-0.39, 0.29) is 6.04 Å². The van der Waals surface area contributed by atoms with Crippen LogP contribution in [0.3, 0.4) is 0 Å². The molecule has 3 rings (SSSR count). The number of H-pyrrole nitrogens is 1. The van der Waals surface area contributed by atoms with Gasteiger partial charge in [-0.2, -0.15) is 0 Å². The summed E-state index contributed by atoms with van der Waals surface area (Å²) in [7, 11) is 1.93. The molecule has 1 atom stereocenters. The zero-order valence-corrected chi connectivity index (χ0v) is 12.2. The molecule has 20 heavy (non-hydrogen) atoms. The van der Waals surface area contributed by atoms with Crippen LogP contribution >= 0.6 is 11.8 Å². The second kappa shape index (κ2) is 5.68. The fraction of sp³-hybridized carbons (Fsp3) is 0.286. The van der Waals surface area contributed by atoms with E-state index in [9.17, 15) is 0 Å². The number of thioether (sulfide) groups is 1. The van der Waals surface area contributed by atoms with Gasteiger partial charge in [-0.15, -0.1) is 5.10 Å². The molecule has 3 aromatic rings. The summed E-state index contributed by atoms with van der Waals surface area (Å²) in [4.78, 5) is 4.29. The van der Waals surface area contributed by atoms with E-state index >= 15 is 0 Å². The molecular weight excluding hydrogens is 272 g/mol. The molecule has 2 heterocycles. The number of aryl methyl sites for hydroxylation is 1. The number of nitrogens with zero attached hydrogens (tertiary/aromatic N) is 2. The Balaban J connectivity index is 1.75. The molecule has 0 bridgehead atoms. The second-order valence-corrected chi connectivity index (χ2v) is 5.53. The van der Waals surface area contributed by atoms with Crippen LogP contribution in [0.1, 0.15) is 17.6 Å². The summed E-state index contributed by atoms with van der Waals surface area (Å²) in [6.45, 7) is 1.89. The zero-order chi connectivity index (χ0) is 13.9. The molecule has 0 saturated carbocycles. The number of hydrogen-bond acceptors (Lipinski definition) is 5. The molecule has 0 aliphatic rings. The quantitative estimate of drug-likeness (QED) is 0.707. The smallest absolute Gasteiger partial charge is 0.208 e. The fourth-order valence-corrected chi connectivity index (χ4v) is 2.98. The number of benzene rings is 1. The van der Waals surface area contributed by atoms with Gasteiger partial charge in [-0.3, -0.25) is 5.10 Å². The van der Waals surface area contributed by atoms with Crippen molar-refractivity contribution in [1.29, 1.82) is 0 Å². The number of nitrogens with one attached hydrogen (secondary N) is 2. The predicted octanol–water partition coefficient (Wildman–Crippen LogP) is 2.91. The van der Waals surface area contributed by atoms with Crippen LogP contribution in [0.25, 0.3) is 11.0 Å². The highest BCUT2D eigenvalue weighted by Crippen LogP contribution is 2.27. The number of aromatic amines is 1. The van der Waals surface area contributed by atoms with Crippen molar-refractivity contribution in [2.45, 2.75) is 18.1 Å². The van der Waals surface area contributed by atoms with E-state index < -0.39 is 0 Å². The van der Waals surface area contributed by atoms with Crippen LogP contribution in [0.15, 0.2) is 39.9 Å². The molecule has 1 aromatic carbocycles. The molecule has 0 aliphatic heterocycles. The van der Waals surface area contributed by atoms with E-state index in [1.165, 1.54) is 0 Å². The normalized spacial score (nSPS) is 12.9. The third-order valence-electron chi connectivity index (χ3n) is 3.09. The molecule has 1 unspecified atom stereocenters. The number of furan rings is 1. The molecule has 2 aromatic heterocycles. The van der Waals surface area contributed by atoms with Crippen LogP contribution in [0.4, 0.5) is 0 Å². The number of fused-ring (bicyclic) bond motifs is 1. The van der Waals surface area contributed by atoms with E-state index in [1.54, 1.807) is 11.8 Å². The van der Waals surface area contributed by atoms with Gasteiger partial charge in [-0.25, -0.2) is 4.98 Å². The Labute approximate surface area is 121 Å². The van der Waals surface area contributed by atoms with Crippen molar-refractivity contribution in [2.24, 2.45) is 0 Å². The average Bonchev–Trinajstić information content (AvgIpc) is 3.05. The Morgan fingerprint density at radius 1 is 1.40 bits per heavy atom. The van der Waals surface area contributed by atoms with E-state index in [0.29, 0.717) is 0 Å². The Morgan fingerprint density at radius 3 is 2.95 bits per heavy atom. The average molecular weight is 288 g/mol. The van der Waals surface area contributed by atoms with Crippen LogP contribution in [-0.2, 0) is 0 Å². The molecule has 5 nitrogen and oxygen atoms in total. The summed E-state index contributed by atoms with van der Waals surface area (Å²) in [6.07, 6.45) is 0. The van der Waals surface area contributed by atoms with Gasteiger partial charge in [0.2, 0.25) is 5.16 Å². The van der Waals surface area contributed by atoms with Gasteiger partial charge in [0.05, 0.1) is 6.04 Å². The highest BCUT2D eigenvalue weighted by molar-refractivity contribution is 7.99. The SMILES string of the molecule is CNC(CSc1n[nH]c(C)n1)c1cc2ccccc2o1. The first-order chi connectivity index (χ1) is 9.76. The number of hydrogen-bond donors (Lipinski definition) is 2. The number of para-hydroxylation sites is 1. The summed E-state index contributed by atoms with van der Waals surface area (Å²) < 4.78 is 5.89. The van der Waals surface area contributed by atoms with Crippen molar-refractivity contribution in [3.63, 3.8) is 0 Å². The maximum Gasteiger partial charge on any atom is 0.208 e. The first-order valence-corrected chi connectivity index (χ1v) is 7.42. The fourth-order valence-electron chi connectivity index (χ4n) is 2.03.